The summed E-state index contributed by atoms with van der Waals surface area (Å²) in [6, 6.07) is 44.3. The lowest BCUT2D eigenvalue weighted by molar-refractivity contribution is 0.0931. The van der Waals surface area contributed by atoms with Crippen molar-refractivity contribution in [3.63, 3.8) is 0 Å². The van der Waals surface area contributed by atoms with Gasteiger partial charge in [-0.2, -0.15) is 0 Å². The summed E-state index contributed by atoms with van der Waals surface area (Å²) in [6.07, 6.45) is 1.17. The highest BCUT2D eigenvalue weighted by atomic mass is 32.2. The van der Waals surface area contributed by atoms with Gasteiger partial charge in [-0.25, -0.2) is 129 Å². The van der Waals surface area contributed by atoms with Crippen molar-refractivity contribution in [2.75, 3.05) is 155 Å². The Morgan fingerprint density at radius 1 is 0.217 bits per heavy atom. The molecule has 10 aromatic carbocycles. The Bertz CT molecular complexity index is 7330. The van der Waals surface area contributed by atoms with Crippen molar-refractivity contribution in [1.82, 2.24) is 28.3 Å². The Labute approximate surface area is 828 Å². The van der Waals surface area contributed by atoms with E-state index in [1.807, 2.05) is 0 Å². The van der Waals surface area contributed by atoms with Crippen molar-refractivity contribution in [2.45, 2.75) is 107 Å². The van der Waals surface area contributed by atoms with E-state index in [0.717, 1.165) is 36.4 Å². The van der Waals surface area contributed by atoms with E-state index in [9.17, 15) is 106 Å². The van der Waals surface area contributed by atoms with Crippen LogP contribution in [0.2, 0.25) is 0 Å². The van der Waals surface area contributed by atoms with Crippen LogP contribution in [0.25, 0.3) is 43.5 Å². The molecule has 0 bridgehead atoms. The minimum absolute atomic E-state index is 0.0149. The number of aliphatic hydroxyl groups excluding tert-OH is 10. The molecule has 0 aliphatic heterocycles. The second-order valence-corrected chi connectivity index (χ2v) is 52.9. The second kappa shape index (κ2) is 55.1. The van der Waals surface area contributed by atoms with Gasteiger partial charge in [0.2, 0.25) is 85.2 Å². The molecule has 0 amide bonds. The van der Waals surface area contributed by atoms with Crippen molar-refractivity contribution >= 4 is 163 Å². The Kier molecular flexibility index (Phi) is 46.5. The first-order chi connectivity index (χ1) is 67.4. The maximum atomic E-state index is 13.0. The van der Waals surface area contributed by atoms with Crippen LogP contribution >= 0.6 is 0 Å². The van der Waals surface area contributed by atoms with Crippen LogP contribution < -0.4 is 33.8 Å². The summed E-state index contributed by atoms with van der Waals surface area (Å²) in [5.41, 5.74) is -0.324. The van der Waals surface area contributed by atoms with Crippen molar-refractivity contribution in [3.05, 3.63) is 216 Å². The third-order valence-electron chi connectivity index (χ3n) is 19.8. The minimum atomic E-state index is -4.23. The summed E-state index contributed by atoms with van der Waals surface area (Å²) < 4.78 is 329. The van der Waals surface area contributed by atoms with Crippen molar-refractivity contribution in [1.29, 1.82) is 0 Å². The monoisotopic (exact) mass is 2230 g/mol. The van der Waals surface area contributed by atoms with Gasteiger partial charge in [0.05, 0.1) is 155 Å². The Hall–Kier alpha value is -9.13. The van der Waals surface area contributed by atoms with Crippen LogP contribution in [0.4, 0.5) is 0 Å². The van der Waals surface area contributed by atoms with E-state index >= 15 is 0 Å². The molecular formula is C87H110N6O38S12. The van der Waals surface area contributed by atoms with Crippen LogP contribution in [-0.4, -0.2) is 307 Å². The number of benzene rings is 10. The quantitative estimate of drug-likeness (QED) is 0.0184. The Balaban J connectivity index is 0.000000243. The fourth-order valence-corrected chi connectivity index (χ4v) is 28.6. The Morgan fingerprint density at radius 3 is 0.678 bits per heavy atom. The first kappa shape index (κ1) is 121. The standard InChI is InChI=1S/C20H28O8S2.C18H24N2O8S3.C17H18N2O8S2.C16H20N2O8S3.C16H20O6S2/c21-9-13-27-11-3-15-29(23,24)19-7-1-5-17-18(19)6-2-8-20(17)30(25,26)16-4-12-28-14-10-22;21-11-3-9-19-30(25,26)17-7-1-5-15(13-17)29(23,24)16-6-2-8-18(14-16)31(27,28)20-10-4-12-22;20-7-5-18-28(23,24)11-1-3-15-13(9-11)17(22)14-10-12(2-4-16(14)27-15)29(25,26)19-6-8-21;19-9-7-17-28(23,24)15-5-1-3-13(11-15)27(21,22)14-4-2-6-16(12-14)29(25,26)18-8-10-20;17-9-3-11-23(19,20)15-7-1-5-13-14(15)6-2-8-16(13)24(21,22)12-4-10-18/h1-2,5-8,21-22H,3-4,9-16H2;1-2,5-8,13-14,19-22H,3-4,9-12H2;1-4,9-10,18-21H,5-8H2;1-6,11-12,17-20H,7-10H2;1-2,5-8,17-18H,3-4,9-12H2. The molecule has 143 heavy (non-hydrogen) atoms. The second-order valence-electron chi connectivity index (χ2n) is 30.1. The van der Waals surface area contributed by atoms with Crippen LogP contribution in [0.3, 0.4) is 0 Å². The SMILES string of the molecule is O=S(=O)(CCCO)c1cccc2c(S(=O)(=O)CCCO)cccc12.O=S(=O)(CCCOCCO)c1cccc2c(S(=O)(=O)CCCOCCO)cccc12.O=S(=O)(NCCCO)c1cccc(S(=O)(=O)c2cccc(S(=O)(=O)NCCCO)c2)c1.O=S(=O)(NCCO)c1cccc(S(=O)(=O)c2cccc(S(=O)(=O)NCCO)c2)c1.O=c1c2cc(S(=O)(=O)NCCO)ccc2oc2ccc(S(=O)(=O)NCCO)cc12. The number of rotatable bonds is 52. The largest absolute Gasteiger partial charge is 0.456 e. The zero-order valence-corrected chi connectivity index (χ0v) is 85.9. The third-order valence-corrected chi connectivity index (χ3v) is 39.5. The molecule has 11 aromatic rings. The van der Waals surface area contributed by atoms with Crippen LogP contribution in [-0.2, 0) is 129 Å². The highest BCUT2D eigenvalue weighted by Gasteiger charge is 2.30. The van der Waals surface area contributed by atoms with E-state index in [4.69, 9.17) is 65.0 Å². The van der Waals surface area contributed by atoms with Gasteiger partial charge in [-0.1, -0.05) is 72.8 Å². The first-order valence-corrected chi connectivity index (χ1v) is 61.5. The number of hydrogen-bond acceptors (Lipinski definition) is 38. The lowest BCUT2D eigenvalue weighted by atomic mass is 10.1. The number of hydrogen-bond donors (Lipinski definition) is 16. The lowest BCUT2D eigenvalue weighted by Gasteiger charge is -2.12. The number of ether oxygens (including phenoxy) is 2. The summed E-state index contributed by atoms with van der Waals surface area (Å²) >= 11 is 0. The summed E-state index contributed by atoms with van der Waals surface area (Å²) in [5.74, 6) is -0.693. The zero-order chi connectivity index (χ0) is 106. The number of sulfonamides is 6. The summed E-state index contributed by atoms with van der Waals surface area (Å²) in [4.78, 5) is 10.3. The first-order valence-electron chi connectivity index (χ1n) is 43.0. The molecule has 788 valence electrons. The summed E-state index contributed by atoms with van der Waals surface area (Å²) in [5, 5.41) is 89.1. The van der Waals surface area contributed by atoms with Gasteiger partial charge in [0, 0.05) is 100 Å². The molecule has 0 saturated heterocycles. The van der Waals surface area contributed by atoms with Gasteiger partial charge >= 0.3 is 0 Å². The maximum absolute atomic E-state index is 13.0. The predicted octanol–water partition coefficient (Wildman–Crippen LogP) is 0.726. The molecule has 0 saturated carbocycles. The van der Waals surface area contributed by atoms with Gasteiger partial charge in [-0.3, -0.25) is 4.79 Å². The molecule has 0 spiro atoms. The van der Waals surface area contributed by atoms with Crippen LogP contribution in [0.15, 0.2) is 284 Å². The number of sulfone groups is 6. The molecule has 0 fully saturated rings. The van der Waals surface area contributed by atoms with Gasteiger partial charge in [0.15, 0.2) is 39.3 Å². The molecule has 16 N–H and O–H groups in total. The highest BCUT2D eigenvalue weighted by molar-refractivity contribution is 7.94. The predicted molar refractivity (Wildman–Crippen MR) is 524 cm³/mol. The molecule has 0 unspecified atom stereocenters. The van der Waals surface area contributed by atoms with Crippen LogP contribution in [0.5, 0.6) is 0 Å². The average Bonchev–Trinajstić information content (AvgIpc) is 0.762. The minimum Gasteiger partial charge on any atom is -0.456 e. The molecule has 0 atom stereocenters. The van der Waals surface area contributed by atoms with Gasteiger partial charge < -0.3 is 65.0 Å². The normalized spacial score (nSPS) is 12.6. The van der Waals surface area contributed by atoms with E-state index in [-0.39, 0.29) is 271 Å². The van der Waals surface area contributed by atoms with Gasteiger partial charge in [0.1, 0.15) is 11.2 Å². The molecule has 1 heterocycles. The van der Waals surface area contributed by atoms with E-state index in [0.29, 0.717) is 21.5 Å². The zero-order valence-electron chi connectivity index (χ0n) is 76.1. The fraction of sp³-hybridized carbons (Fsp3) is 0.345. The topological polar surface area (TPSA) is 733 Å². The molecule has 44 nitrogen and oxygen atoms in total. The van der Waals surface area contributed by atoms with Crippen LogP contribution in [0, 0.1) is 0 Å². The molecule has 0 radical (unpaired) electrons. The fourth-order valence-electron chi connectivity index (χ4n) is 13.0. The van der Waals surface area contributed by atoms with E-state index in [1.165, 1.54) is 133 Å². The van der Waals surface area contributed by atoms with E-state index in [1.54, 1.807) is 36.4 Å². The van der Waals surface area contributed by atoms with E-state index < -0.39 is 138 Å². The number of nitrogens with one attached hydrogen (secondary N) is 6. The summed E-state index contributed by atoms with van der Waals surface area (Å²) in [6.45, 7) is -2.89. The molecule has 0 aliphatic carbocycles. The van der Waals surface area contributed by atoms with Gasteiger partial charge in [-0.05, 0) is 172 Å². The molecule has 1 aromatic heterocycles. The van der Waals surface area contributed by atoms with Crippen molar-refractivity contribution < 1.29 is 166 Å². The maximum Gasteiger partial charge on any atom is 0.240 e. The number of fused-ring (bicyclic) bond motifs is 4. The van der Waals surface area contributed by atoms with Crippen molar-refractivity contribution in [3.8, 4) is 0 Å². The average molecular weight is 2230 g/mol. The molecule has 56 heteroatoms. The van der Waals surface area contributed by atoms with Crippen LogP contribution in [0.1, 0.15) is 38.5 Å². The number of aliphatic hydroxyl groups is 10. The third kappa shape index (κ3) is 34.0. The van der Waals surface area contributed by atoms with Gasteiger partial charge in [0.25, 0.3) is 0 Å². The highest BCUT2D eigenvalue weighted by Crippen LogP contribution is 2.35. The molecule has 0 aliphatic rings. The molecular weight excluding hydrogens is 2120 g/mol. The summed E-state index contributed by atoms with van der Waals surface area (Å²) in [7, 11) is -46.9. The van der Waals surface area contributed by atoms with E-state index in [2.05, 4.69) is 28.3 Å². The van der Waals surface area contributed by atoms with Crippen molar-refractivity contribution in [2.24, 2.45) is 0 Å². The smallest absolute Gasteiger partial charge is 0.240 e. The van der Waals surface area contributed by atoms with Gasteiger partial charge in [-0.15, -0.1) is 0 Å². The Morgan fingerprint density at radius 2 is 0.441 bits per heavy atom. The lowest BCUT2D eigenvalue weighted by Crippen LogP contribution is -2.27. The molecule has 11 rings (SSSR count).